The van der Waals surface area contributed by atoms with Crippen LogP contribution in [0.1, 0.15) is 20.8 Å². The molecule has 1 heterocycles. The molecule has 3 heteroatoms. The molecule has 0 aromatic carbocycles. The van der Waals surface area contributed by atoms with Gasteiger partial charge < -0.3 is 15.2 Å². The van der Waals surface area contributed by atoms with Crippen LogP contribution < -0.4 is 5.32 Å². The van der Waals surface area contributed by atoms with Crippen molar-refractivity contribution in [2.75, 3.05) is 19.7 Å². The highest BCUT2D eigenvalue weighted by molar-refractivity contribution is 4.82. The Morgan fingerprint density at radius 3 is 2.58 bits per heavy atom. The molecule has 0 aromatic heterocycles. The zero-order valence-electron chi connectivity index (χ0n) is 8.13. The molecule has 0 unspecified atom stereocenters. The van der Waals surface area contributed by atoms with Crippen molar-refractivity contribution in [1.29, 1.82) is 0 Å². The van der Waals surface area contributed by atoms with Crippen LogP contribution in [0.4, 0.5) is 0 Å². The van der Waals surface area contributed by atoms with Crippen molar-refractivity contribution in [3.05, 3.63) is 0 Å². The van der Waals surface area contributed by atoms with Gasteiger partial charge in [-0.1, -0.05) is 20.8 Å². The molecule has 0 radical (unpaired) electrons. The molecule has 1 aliphatic rings. The van der Waals surface area contributed by atoms with Gasteiger partial charge in [-0.05, 0) is 5.41 Å². The highest BCUT2D eigenvalue weighted by Crippen LogP contribution is 2.24. The molecular weight excluding hydrogens is 154 g/mol. The third-order valence-electron chi connectivity index (χ3n) is 2.23. The summed E-state index contributed by atoms with van der Waals surface area (Å²) in [5.74, 6) is 0. The summed E-state index contributed by atoms with van der Waals surface area (Å²) in [6.45, 7) is 8.22. The summed E-state index contributed by atoms with van der Waals surface area (Å²) in [4.78, 5) is 0. The van der Waals surface area contributed by atoms with Crippen LogP contribution in [0.2, 0.25) is 0 Å². The van der Waals surface area contributed by atoms with E-state index in [4.69, 9.17) is 9.84 Å². The van der Waals surface area contributed by atoms with E-state index in [2.05, 4.69) is 26.1 Å². The van der Waals surface area contributed by atoms with E-state index in [9.17, 15) is 0 Å². The van der Waals surface area contributed by atoms with E-state index in [-0.39, 0.29) is 24.2 Å². The lowest BCUT2D eigenvalue weighted by molar-refractivity contribution is -0.102. The largest absolute Gasteiger partial charge is 0.394 e. The van der Waals surface area contributed by atoms with Gasteiger partial charge in [0.1, 0.15) is 0 Å². The first-order chi connectivity index (χ1) is 5.54. The molecule has 0 bridgehead atoms. The molecule has 72 valence electrons. The van der Waals surface area contributed by atoms with E-state index >= 15 is 0 Å². The Hall–Kier alpha value is -0.120. The Morgan fingerprint density at radius 2 is 2.08 bits per heavy atom. The quantitative estimate of drug-likeness (QED) is 0.602. The molecule has 1 aliphatic heterocycles. The Morgan fingerprint density at radius 1 is 1.42 bits per heavy atom. The summed E-state index contributed by atoms with van der Waals surface area (Å²) in [5, 5.41) is 12.2. The molecule has 2 N–H and O–H groups in total. The van der Waals surface area contributed by atoms with E-state index in [1.165, 1.54) is 0 Å². The van der Waals surface area contributed by atoms with E-state index in [0.29, 0.717) is 0 Å². The van der Waals surface area contributed by atoms with Crippen molar-refractivity contribution < 1.29 is 9.84 Å². The number of ether oxygens (including phenoxy) is 1. The molecule has 1 fully saturated rings. The number of morpholine rings is 1. The highest BCUT2D eigenvalue weighted by atomic mass is 16.5. The third-order valence-corrected chi connectivity index (χ3v) is 2.23. The normalized spacial score (nSPS) is 32.0. The Bertz CT molecular complexity index is 142. The molecule has 3 nitrogen and oxygen atoms in total. The van der Waals surface area contributed by atoms with Gasteiger partial charge in [0, 0.05) is 13.1 Å². The maximum absolute atomic E-state index is 8.91. The fraction of sp³-hybridized carbons (Fsp3) is 1.00. The van der Waals surface area contributed by atoms with Gasteiger partial charge in [0.2, 0.25) is 0 Å². The SMILES string of the molecule is CC(C)(C)[C@@H]1CNC[C@@H](CO)O1. The Kier molecular flexibility index (Phi) is 3.09. The topological polar surface area (TPSA) is 41.5 Å². The van der Waals surface area contributed by atoms with Gasteiger partial charge in [0.05, 0.1) is 18.8 Å². The standard InChI is InChI=1S/C9H19NO2/c1-9(2,3)8-5-10-4-7(6-11)12-8/h7-8,10-11H,4-6H2,1-3H3/t7-,8-/m0/s1. The van der Waals surface area contributed by atoms with Gasteiger partial charge in [0.25, 0.3) is 0 Å². The second-order valence-electron chi connectivity index (χ2n) is 4.45. The summed E-state index contributed by atoms with van der Waals surface area (Å²) in [5.41, 5.74) is 0.154. The average Bonchev–Trinajstić information content (AvgIpc) is 2.03. The predicted octanol–water partition coefficient (Wildman–Crippen LogP) is 0.382. The van der Waals surface area contributed by atoms with Crippen LogP contribution in [0, 0.1) is 5.41 Å². The van der Waals surface area contributed by atoms with E-state index < -0.39 is 0 Å². The van der Waals surface area contributed by atoms with Crippen molar-refractivity contribution in [2.24, 2.45) is 5.41 Å². The predicted molar refractivity (Wildman–Crippen MR) is 48.1 cm³/mol. The highest BCUT2D eigenvalue weighted by Gasteiger charge is 2.30. The van der Waals surface area contributed by atoms with Gasteiger partial charge in [0.15, 0.2) is 0 Å². The summed E-state index contributed by atoms with van der Waals surface area (Å²) in [6, 6.07) is 0. The average molecular weight is 173 g/mol. The van der Waals surface area contributed by atoms with Crippen molar-refractivity contribution in [3.8, 4) is 0 Å². The van der Waals surface area contributed by atoms with Crippen LogP contribution in [0.5, 0.6) is 0 Å². The molecule has 0 aromatic rings. The molecule has 0 amide bonds. The van der Waals surface area contributed by atoms with Gasteiger partial charge >= 0.3 is 0 Å². The number of nitrogens with one attached hydrogen (secondary N) is 1. The van der Waals surface area contributed by atoms with Gasteiger partial charge in [-0.2, -0.15) is 0 Å². The Labute approximate surface area is 74.1 Å². The monoisotopic (exact) mass is 173 g/mol. The number of hydrogen-bond acceptors (Lipinski definition) is 3. The molecule has 0 spiro atoms. The minimum absolute atomic E-state index is 0.0250. The summed E-state index contributed by atoms with van der Waals surface area (Å²) in [7, 11) is 0. The first-order valence-electron chi connectivity index (χ1n) is 4.51. The zero-order valence-corrected chi connectivity index (χ0v) is 8.13. The van der Waals surface area contributed by atoms with Crippen molar-refractivity contribution in [2.45, 2.75) is 33.0 Å². The number of hydrogen-bond donors (Lipinski definition) is 2. The summed E-state index contributed by atoms with van der Waals surface area (Å²) < 4.78 is 5.69. The molecule has 0 saturated carbocycles. The molecular formula is C9H19NO2. The minimum Gasteiger partial charge on any atom is -0.394 e. The maximum Gasteiger partial charge on any atom is 0.0934 e. The number of rotatable bonds is 1. The smallest absolute Gasteiger partial charge is 0.0934 e. The molecule has 2 atom stereocenters. The first-order valence-corrected chi connectivity index (χ1v) is 4.51. The van der Waals surface area contributed by atoms with Gasteiger partial charge in [-0.25, -0.2) is 0 Å². The number of aliphatic hydroxyl groups is 1. The van der Waals surface area contributed by atoms with Crippen LogP contribution >= 0.6 is 0 Å². The second kappa shape index (κ2) is 3.73. The van der Waals surface area contributed by atoms with Crippen LogP contribution in [-0.4, -0.2) is 37.0 Å². The third kappa shape index (κ3) is 2.44. The van der Waals surface area contributed by atoms with Crippen LogP contribution in [0.15, 0.2) is 0 Å². The minimum atomic E-state index is -0.0250. The number of aliphatic hydroxyl groups excluding tert-OH is 1. The molecule has 1 saturated heterocycles. The molecule has 0 aliphatic carbocycles. The van der Waals surface area contributed by atoms with Crippen LogP contribution in [0.25, 0.3) is 0 Å². The fourth-order valence-corrected chi connectivity index (χ4v) is 1.32. The lowest BCUT2D eigenvalue weighted by atomic mass is 9.88. The lowest BCUT2D eigenvalue weighted by Crippen LogP contribution is -2.51. The maximum atomic E-state index is 8.91. The van der Waals surface area contributed by atoms with Crippen molar-refractivity contribution in [3.63, 3.8) is 0 Å². The summed E-state index contributed by atoms with van der Waals surface area (Å²) >= 11 is 0. The van der Waals surface area contributed by atoms with Crippen LogP contribution in [-0.2, 0) is 4.74 Å². The fourth-order valence-electron chi connectivity index (χ4n) is 1.32. The van der Waals surface area contributed by atoms with Gasteiger partial charge in [-0.3, -0.25) is 0 Å². The van der Waals surface area contributed by atoms with Gasteiger partial charge in [-0.15, -0.1) is 0 Å². The van der Waals surface area contributed by atoms with Crippen molar-refractivity contribution >= 4 is 0 Å². The van der Waals surface area contributed by atoms with E-state index in [1.807, 2.05) is 0 Å². The molecule has 1 rings (SSSR count). The zero-order chi connectivity index (χ0) is 9.19. The second-order valence-corrected chi connectivity index (χ2v) is 4.45. The van der Waals surface area contributed by atoms with E-state index in [1.54, 1.807) is 0 Å². The summed E-state index contributed by atoms with van der Waals surface area (Å²) in [6.07, 6.45) is 0.186. The van der Waals surface area contributed by atoms with Crippen molar-refractivity contribution in [1.82, 2.24) is 5.32 Å². The Balaban J connectivity index is 2.46. The first kappa shape index (κ1) is 9.96. The van der Waals surface area contributed by atoms with E-state index in [0.717, 1.165) is 13.1 Å². The van der Waals surface area contributed by atoms with Crippen LogP contribution in [0.3, 0.4) is 0 Å². The molecule has 12 heavy (non-hydrogen) atoms. The lowest BCUT2D eigenvalue weighted by Gasteiger charge is -2.37.